The summed E-state index contributed by atoms with van der Waals surface area (Å²) >= 11 is 5.41. The molecule has 0 radical (unpaired) electrons. The van der Waals surface area contributed by atoms with Crippen LogP contribution in [0.3, 0.4) is 0 Å². The summed E-state index contributed by atoms with van der Waals surface area (Å²) in [6, 6.07) is 4.96. The Morgan fingerprint density at radius 1 is 1.53 bits per heavy atom. The van der Waals surface area contributed by atoms with Gasteiger partial charge in [0, 0.05) is 10.9 Å². The van der Waals surface area contributed by atoms with Gasteiger partial charge in [-0.25, -0.2) is 0 Å². The summed E-state index contributed by atoms with van der Waals surface area (Å²) in [4.78, 5) is 1.48. The van der Waals surface area contributed by atoms with E-state index in [-0.39, 0.29) is 0 Å². The van der Waals surface area contributed by atoms with E-state index >= 15 is 0 Å². The Hall–Kier alpha value is 0.140. The predicted molar refractivity (Wildman–Crippen MR) is 70.3 cm³/mol. The van der Waals surface area contributed by atoms with Crippen LogP contribution in [0.5, 0.6) is 0 Å². The molecule has 2 atom stereocenters. The molecule has 1 heterocycles. The minimum atomic E-state index is 0.554. The van der Waals surface area contributed by atoms with Crippen molar-refractivity contribution in [2.24, 2.45) is 11.8 Å². The lowest BCUT2D eigenvalue weighted by molar-refractivity contribution is 0.360. The molecule has 2 unspecified atom stereocenters. The first-order valence-corrected chi connectivity index (χ1v) is 7.32. The maximum atomic E-state index is 3.62. The zero-order valence-electron chi connectivity index (χ0n) is 9.29. The van der Waals surface area contributed by atoms with Crippen molar-refractivity contribution in [2.75, 3.05) is 6.54 Å². The summed E-state index contributed by atoms with van der Waals surface area (Å²) in [5, 5.41) is 3.62. The van der Waals surface area contributed by atoms with Crippen LogP contribution in [0.2, 0.25) is 0 Å². The van der Waals surface area contributed by atoms with E-state index in [1.165, 1.54) is 21.5 Å². The summed E-state index contributed by atoms with van der Waals surface area (Å²) < 4.78 is 1.24. The molecule has 1 fully saturated rings. The number of rotatable bonds is 5. The molecular weight excluding hydrogens is 270 g/mol. The van der Waals surface area contributed by atoms with Gasteiger partial charge in [-0.2, -0.15) is 0 Å². The fraction of sp³-hybridized carbons (Fsp3) is 0.667. The lowest BCUT2D eigenvalue weighted by Crippen LogP contribution is -2.27. The normalized spacial score (nSPS) is 20.2. The van der Waals surface area contributed by atoms with Crippen LogP contribution in [-0.4, -0.2) is 6.54 Å². The highest BCUT2D eigenvalue weighted by atomic mass is 79.9. The van der Waals surface area contributed by atoms with Gasteiger partial charge in [0.2, 0.25) is 0 Å². The van der Waals surface area contributed by atoms with Crippen molar-refractivity contribution in [3.8, 4) is 0 Å². The van der Waals surface area contributed by atoms with Gasteiger partial charge in [0.05, 0.1) is 3.79 Å². The Balaban J connectivity index is 2.10. The van der Waals surface area contributed by atoms with Crippen LogP contribution in [0.4, 0.5) is 0 Å². The molecule has 0 aromatic carbocycles. The van der Waals surface area contributed by atoms with Gasteiger partial charge in [-0.3, -0.25) is 0 Å². The van der Waals surface area contributed by atoms with E-state index in [1.54, 1.807) is 0 Å². The minimum Gasteiger partial charge on any atom is -0.309 e. The van der Waals surface area contributed by atoms with E-state index in [9.17, 15) is 0 Å². The lowest BCUT2D eigenvalue weighted by Gasteiger charge is -2.23. The Kier molecular flexibility index (Phi) is 3.86. The number of hydrogen-bond acceptors (Lipinski definition) is 2. The van der Waals surface area contributed by atoms with Crippen LogP contribution in [0.15, 0.2) is 15.9 Å². The average Bonchev–Trinajstić information content (AvgIpc) is 2.98. The van der Waals surface area contributed by atoms with Crippen LogP contribution in [0, 0.1) is 11.8 Å². The van der Waals surface area contributed by atoms with Gasteiger partial charge >= 0.3 is 0 Å². The highest BCUT2D eigenvalue weighted by Crippen LogP contribution is 2.44. The zero-order valence-corrected chi connectivity index (χ0v) is 11.7. The van der Waals surface area contributed by atoms with Crippen molar-refractivity contribution in [3.63, 3.8) is 0 Å². The number of halogens is 1. The third kappa shape index (κ3) is 2.83. The molecule has 3 heteroatoms. The van der Waals surface area contributed by atoms with Crippen LogP contribution in [0.25, 0.3) is 0 Å². The first-order valence-electron chi connectivity index (χ1n) is 5.71. The third-order valence-corrected chi connectivity index (χ3v) is 4.92. The molecule has 1 aliphatic rings. The SMILES string of the molecule is CCNC(c1ccc(Br)s1)C(C)C1CC1. The van der Waals surface area contributed by atoms with Crippen LogP contribution in [0.1, 0.15) is 37.6 Å². The monoisotopic (exact) mass is 287 g/mol. The van der Waals surface area contributed by atoms with E-state index in [4.69, 9.17) is 0 Å². The summed E-state index contributed by atoms with van der Waals surface area (Å²) in [6.45, 7) is 5.63. The second kappa shape index (κ2) is 4.98. The molecule has 2 rings (SSSR count). The van der Waals surface area contributed by atoms with E-state index in [2.05, 4.69) is 47.2 Å². The van der Waals surface area contributed by atoms with Crippen molar-refractivity contribution >= 4 is 27.3 Å². The number of thiophene rings is 1. The van der Waals surface area contributed by atoms with E-state index < -0.39 is 0 Å². The Labute approximate surface area is 104 Å². The Morgan fingerprint density at radius 3 is 2.73 bits per heavy atom. The van der Waals surface area contributed by atoms with E-state index in [0.717, 1.165) is 18.4 Å². The van der Waals surface area contributed by atoms with Gasteiger partial charge in [-0.15, -0.1) is 11.3 Å². The topological polar surface area (TPSA) is 12.0 Å². The van der Waals surface area contributed by atoms with Crippen LogP contribution >= 0.6 is 27.3 Å². The molecule has 1 aliphatic carbocycles. The third-order valence-electron chi connectivity index (χ3n) is 3.22. The molecule has 0 spiro atoms. The quantitative estimate of drug-likeness (QED) is 0.856. The Morgan fingerprint density at radius 2 is 2.27 bits per heavy atom. The first kappa shape index (κ1) is 11.6. The van der Waals surface area contributed by atoms with Gasteiger partial charge in [0.25, 0.3) is 0 Å². The molecular formula is C12H18BrNS. The van der Waals surface area contributed by atoms with Gasteiger partial charge in [-0.05, 0) is 59.3 Å². The van der Waals surface area contributed by atoms with Crippen LogP contribution in [-0.2, 0) is 0 Å². The average molecular weight is 288 g/mol. The summed E-state index contributed by atoms with van der Waals surface area (Å²) in [7, 11) is 0. The fourth-order valence-electron chi connectivity index (χ4n) is 2.16. The smallest absolute Gasteiger partial charge is 0.0701 e. The van der Waals surface area contributed by atoms with Gasteiger partial charge in [0.15, 0.2) is 0 Å². The summed E-state index contributed by atoms with van der Waals surface area (Å²) in [5.41, 5.74) is 0. The Bertz CT molecular complexity index is 319. The zero-order chi connectivity index (χ0) is 10.8. The molecule has 15 heavy (non-hydrogen) atoms. The highest BCUT2D eigenvalue weighted by Gasteiger charge is 2.34. The largest absolute Gasteiger partial charge is 0.309 e. The molecule has 0 aliphatic heterocycles. The molecule has 1 aromatic rings. The summed E-state index contributed by atoms with van der Waals surface area (Å²) in [5.74, 6) is 1.73. The molecule has 84 valence electrons. The minimum absolute atomic E-state index is 0.554. The standard InChI is InChI=1S/C12H18BrNS/c1-3-14-12(8(2)9-4-5-9)10-6-7-11(13)15-10/h6-9,12,14H,3-5H2,1-2H3. The second-order valence-corrected chi connectivity index (χ2v) is 6.87. The molecule has 1 nitrogen and oxygen atoms in total. The maximum absolute atomic E-state index is 3.62. The summed E-state index contributed by atoms with van der Waals surface area (Å²) in [6.07, 6.45) is 2.85. The lowest BCUT2D eigenvalue weighted by atomic mass is 9.95. The van der Waals surface area contributed by atoms with Crippen molar-refractivity contribution in [3.05, 3.63) is 20.8 Å². The van der Waals surface area contributed by atoms with E-state index in [1.807, 2.05) is 11.3 Å². The molecule has 0 amide bonds. The van der Waals surface area contributed by atoms with Gasteiger partial charge in [-0.1, -0.05) is 13.8 Å². The van der Waals surface area contributed by atoms with Gasteiger partial charge < -0.3 is 5.32 Å². The number of hydrogen-bond donors (Lipinski definition) is 1. The molecule has 1 N–H and O–H groups in total. The van der Waals surface area contributed by atoms with Crippen molar-refractivity contribution in [1.82, 2.24) is 5.32 Å². The molecule has 1 aromatic heterocycles. The first-order chi connectivity index (χ1) is 7.22. The van der Waals surface area contributed by atoms with Crippen LogP contribution < -0.4 is 5.32 Å². The van der Waals surface area contributed by atoms with Crippen molar-refractivity contribution in [1.29, 1.82) is 0 Å². The van der Waals surface area contributed by atoms with Crippen molar-refractivity contribution in [2.45, 2.75) is 32.7 Å². The van der Waals surface area contributed by atoms with Gasteiger partial charge in [0.1, 0.15) is 0 Å². The maximum Gasteiger partial charge on any atom is 0.0701 e. The van der Waals surface area contributed by atoms with Crippen molar-refractivity contribution < 1.29 is 0 Å². The molecule has 0 bridgehead atoms. The number of nitrogens with one attached hydrogen (secondary N) is 1. The van der Waals surface area contributed by atoms with E-state index in [0.29, 0.717) is 6.04 Å². The highest BCUT2D eigenvalue weighted by molar-refractivity contribution is 9.11. The predicted octanol–water partition coefficient (Wildman–Crippen LogP) is 4.21. The fourth-order valence-corrected chi connectivity index (χ4v) is 3.77. The second-order valence-electron chi connectivity index (χ2n) is 4.37. The molecule has 1 saturated carbocycles. The molecule has 0 saturated heterocycles.